The molecule has 1 heterocycles. The van der Waals surface area contributed by atoms with Gasteiger partial charge in [-0.15, -0.1) is 0 Å². The van der Waals surface area contributed by atoms with Gasteiger partial charge in [-0.3, -0.25) is 0 Å². The van der Waals surface area contributed by atoms with Gasteiger partial charge in [0.2, 0.25) is 0 Å². The zero-order valence-corrected chi connectivity index (χ0v) is 8.16. The molecule has 74 valence electrons. The number of hydrogen-bond acceptors (Lipinski definition) is 4. The summed E-state index contributed by atoms with van der Waals surface area (Å²) in [5.41, 5.74) is 5.72. The van der Waals surface area contributed by atoms with E-state index in [1.165, 1.54) is 4.57 Å². The van der Waals surface area contributed by atoms with E-state index >= 15 is 0 Å². The van der Waals surface area contributed by atoms with Crippen LogP contribution in [0.15, 0.2) is 11.0 Å². The molecule has 0 aliphatic carbocycles. The number of rotatable bonds is 1. The molecule has 1 rings (SSSR count). The maximum atomic E-state index is 11.0. The lowest BCUT2D eigenvalue weighted by atomic mass is 10.3. The SMILES string of the molecule is CNCC#Cc1cn(C)c(=O)nc1N. The van der Waals surface area contributed by atoms with Gasteiger partial charge in [0, 0.05) is 13.2 Å². The van der Waals surface area contributed by atoms with Crippen molar-refractivity contribution < 1.29 is 0 Å². The van der Waals surface area contributed by atoms with Crippen LogP contribution < -0.4 is 16.7 Å². The quantitative estimate of drug-likeness (QED) is 0.556. The zero-order valence-electron chi connectivity index (χ0n) is 8.16. The number of nitrogens with one attached hydrogen (secondary N) is 1. The van der Waals surface area contributed by atoms with E-state index in [2.05, 4.69) is 22.1 Å². The molecule has 14 heavy (non-hydrogen) atoms. The van der Waals surface area contributed by atoms with E-state index in [1.54, 1.807) is 20.3 Å². The van der Waals surface area contributed by atoms with Gasteiger partial charge in [-0.25, -0.2) is 4.79 Å². The molecule has 5 nitrogen and oxygen atoms in total. The summed E-state index contributed by atoms with van der Waals surface area (Å²) in [5.74, 6) is 5.84. The van der Waals surface area contributed by atoms with Crippen molar-refractivity contribution in [3.8, 4) is 11.8 Å². The second kappa shape index (κ2) is 4.44. The third-order valence-electron chi connectivity index (χ3n) is 1.60. The monoisotopic (exact) mass is 192 g/mol. The summed E-state index contributed by atoms with van der Waals surface area (Å²) >= 11 is 0. The molecular weight excluding hydrogens is 180 g/mol. The average molecular weight is 192 g/mol. The number of nitrogen functional groups attached to an aromatic ring is 1. The van der Waals surface area contributed by atoms with Crippen molar-refractivity contribution in [3.05, 3.63) is 22.2 Å². The van der Waals surface area contributed by atoms with Gasteiger partial charge >= 0.3 is 5.69 Å². The molecule has 1 aromatic rings. The normalized spacial score (nSPS) is 9.29. The number of anilines is 1. The highest BCUT2D eigenvalue weighted by atomic mass is 16.1. The molecule has 0 saturated carbocycles. The Hall–Kier alpha value is -1.80. The Bertz CT molecular complexity index is 438. The Labute approximate surface area is 82.0 Å². The largest absolute Gasteiger partial charge is 0.382 e. The second-order valence-corrected chi connectivity index (χ2v) is 2.77. The Balaban J connectivity index is 3.06. The van der Waals surface area contributed by atoms with E-state index in [-0.39, 0.29) is 11.5 Å². The molecule has 0 unspecified atom stereocenters. The molecule has 0 amide bonds. The minimum Gasteiger partial charge on any atom is -0.382 e. The van der Waals surface area contributed by atoms with Crippen molar-refractivity contribution in [2.24, 2.45) is 7.05 Å². The number of hydrogen-bond donors (Lipinski definition) is 2. The minimum atomic E-state index is -0.373. The highest BCUT2D eigenvalue weighted by Gasteiger charge is 1.99. The number of aromatic nitrogens is 2. The molecule has 0 atom stereocenters. The summed E-state index contributed by atoms with van der Waals surface area (Å²) in [7, 11) is 3.41. The summed E-state index contributed by atoms with van der Waals surface area (Å²) in [6.07, 6.45) is 1.58. The summed E-state index contributed by atoms with van der Waals surface area (Å²) in [4.78, 5) is 14.6. The van der Waals surface area contributed by atoms with Gasteiger partial charge in [-0.2, -0.15) is 4.98 Å². The fourth-order valence-electron chi connectivity index (χ4n) is 0.881. The van der Waals surface area contributed by atoms with Crippen molar-refractivity contribution >= 4 is 5.82 Å². The standard InChI is InChI=1S/C9H12N4O/c1-11-5-3-4-7-6-13(2)9(14)12-8(7)10/h6,11H,5H2,1-2H3,(H2,10,12,14). The average Bonchev–Trinajstić information content (AvgIpc) is 2.14. The molecule has 0 fully saturated rings. The van der Waals surface area contributed by atoms with Crippen LogP contribution in [0.2, 0.25) is 0 Å². The smallest absolute Gasteiger partial charge is 0.349 e. The fraction of sp³-hybridized carbons (Fsp3) is 0.333. The molecule has 0 aliphatic rings. The number of nitrogens with zero attached hydrogens (tertiary/aromatic N) is 2. The molecule has 0 aliphatic heterocycles. The van der Waals surface area contributed by atoms with E-state index < -0.39 is 0 Å². The first-order chi connectivity index (χ1) is 6.65. The van der Waals surface area contributed by atoms with Crippen LogP contribution in [0, 0.1) is 11.8 Å². The van der Waals surface area contributed by atoms with Crippen molar-refractivity contribution in [2.45, 2.75) is 0 Å². The Morgan fingerprint density at radius 3 is 3.07 bits per heavy atom. The molecule has 5 heteroatoms. The molecular formula is C9H12N4O. The van der Waals surface area contributed by atoms with E-state index in [4.69, 9.17) is 5.73 Å². The van der Waals surface area contributed by atoms with E-state index in [0.29, 0.717) is 12.1 Å². The highest BCUT2D eigenvalue weighted by Crippen LogP contribution is 2.00. The lowest BCUT2D eigenvalue weighted by molar-refractivity contribution is 0.811. The van der Waals surface area contributed by atoms with Crippen LogP contribution in [-0.2, 0) is 7.05 Å². The van der Waals surface area contributed by atoms with Crippen LogP contribution >= 0.6 is 0 Å². The third-order valence-corrected chi connectivity index (χ3v) is 1.60. The van der Waals surface area contributed by atoms with Gasteiger partial charge in [-0.1, -0.05) is 11.8 Å². The van der Waals surface area contributed by atoms with Gasteiger partial charge in [0.25, 0.3) is 0 Å². The van der Waals surface area contributed by atoms with Gasteiger partial charge in [-0.05, 0) is 7.05 Å². The molecule has 0 bridgehead atoms. The third kappa shape index (κ3) is 2.34. The van der Waals surface area contributed by atoms with Gasteiger partial charge < -0.3 is 15.6 Å². The van der Waals surface area contributed by atoms with Crippen LogP contribution in [0.3, 0.4) is 0 Å². The molecule has 3 N–H and O–H groups in total. The minimum absolute atomic E-state index is 0.178. The van der Waals surface area contributed by atoms with Crippen LogP contribution in [0.4, 0.5) is 5.82 Å². The second-order valence-electron chi connectivity index (χ2n) is 2.77. The van der Waals surface area contributed by atoms with Crippen molar-refractivity contribution in [3.63, 3.8) is 0 Å². The van der Waals surface area contributed by atoms with Crippen molar-refractivity contribution in [1.29, 1.82) is 0 Å². The number of nitrogens with two attached hydrogens (primary N) is 1. The molecule has 0 saturated heterocycles. The lowest BCUT2D eigenvalue weighted by Gasteiger charge is -1.99. The molecule has 0 aromatic carbocycles. The summed E-state index contributed by atoms with van der Waals surface area (Å²) < 4.78 is 1.35. The highest BCUT2D eigenvalue weighted by molar-refractivity contribution is 5.48. The summed E-state index contributed by atoms with van der Waals surface area (Å²) in [6, 6.07) is 0. The Morgan fingerprint density at radius 1 is 1.71 bits per heavy atom. The maximum Gasteiger partial charge on any atom is 0.349 e. The van der Waals surface area contributed by atoms with Crippen molar-refractivity contribution in [2.75, 3.05) is 19.3 Å². The first kappa shape index (κ1) is 10.3. The molecule has 1 aromatic heterocycles. The fourth-order valence-corrected chi connectivity index (χ4v) is 0.881. The zero-order chi connectivity index (χ0) is 10.6. The molecule has 0 radical (unpaired) electrons. The van der Waals surface area contributed by atoms with Gasteiger partial charge in [0.15, 0.2) is 0 Å². The summed E-state index contributed by atoms with van der Waals surface area (Å²) in [6.45, 7) is 0.572. The van der Waals surface area contributed by atoms with Crippen molar-refractivity contribution in [1.82, 2.24) is 14.9 Å². The van der Waals surface area contributed by atoms with E-state index in [9.17, 15) is 4.79 Å². The van der Waals surface area contributed by atoms with E-state index in [0.717, 1.165) is 0 Å². The van der Waals surface area contributed by atoms with Gasteiger partial charge in [0.1, 0.15) is 5.82 Å². The summed E-state index contributed by atoms with van der Waals surface area (Å²) in [5, 5.41) is 2.88. The van der Waals surface area contributed by atoms with Crippen LogP contribution in [-0.4, -0.2) is 23.1 Å². The Kier molecular flexibility index (Phi) is 3.26. The van der Waals surface area contributed by atoms with Crippen LogP contribution in [0.25, 0.3) is 0 Å². The number of aryl methyl sites for hydroxylation is 1. The lowest BCUT2D eigenvalue weighted by Crippen LogP contribution is -2.21. The van der Waals surface area contributed by atoms with Crippen LogP contribution in [0.5, 0.6) is 0 Å². The Morgan fingerprint density at radius 2 is 2.43 bits per heavy atom. The predicted molar refractivity (Wildman–Crippen MR) is 54.7 cm³/mol. The van der Waals surface area contributed by atoms with Crippen LogP contribution in [0.1, 0.15) is 5.56 Å². The first-order valence-corrected chi connectivity index (χ1v) is 4.11. The van der Waals surface area contributed by atoms with E-state index in [1.807, 2.05) is 0 Å². The predicted octanol–water partition coefficient (Wildman–Crippen LogP) is -1.07. The topological polar surface area (TPSA) is 72.9 Å². The maximum absolute atomic E-state index is 11.0. The van der Waals surface area contributed by atoms with Gasteiger partial charge in [0.05, 0.1) is 12.1 Å². The first-order valence-electron chi connectivity index (χ1n) is 4.11. The molecule has 0 spiro atoms.